The number of hydrogen-bond acceptors (Lipinski definition) is 6. The lowest BCUT2D eigenvalue weighted by Gasteiger charge is -2.20. The summed E-state index contributed by atoms with van der Waals surface area (Å²) in [7, 11) is -1.73. The molecule has 0 aliphatic carbocycles. The van der Waals surface area contributed by atoms with Crippen molar-refractivity contribution in [3.63, 3.8) is 0 Å². The largest absolute Gasteiger partial charge is 0.497 e. The number of methoxy groups -OCH3 is 1. The van der Waals surface area contributed by atoms with Crippen molar-refractivity contribution in [1.29, 1.82) is 0 Å². The van der Waals surface area contributed by atoms with E-state index in [1.54, 1.807) is 34.9 Å². The van der Waals surface area contributed by atoms with Crippen LogP contribution in [0.4, 0.5) is 5.13 Å². The van der Waals surface area contributed by atoms with E-state index in [1.165, 1.54) is 0 Å². The summed E-state index contributed by atoms with van der Waals surface area (Å²) >= 11 is 1.60. The molecule has 0 radical (unpaired) electrons. The fourth-order valence-corrected chi connectivity index (χ4v) is 6.12. The number of anilines is 1. The van der Waals surface area contributed by atoms with E-state index in [1.807, 2.05) is 30.3 Å². The van der Waals surface area contributed by atoms with Gasteiger partial charge in [-0.2, -0.15) is 4.31 Å². The maximum atomic E-state index is 12.9. The third kappa shape index (κ3) is 4.77. The quantitative estimate of drug-likeness (QED) is 0.579. The first-order valence-corrected chi connectivity index (χ1v) is 12.6. The molecular weight excluding hydrogens is 418 g/mol. The van der Waals surface area contributed by atoms with Crippen LogP contribution in [0, 0.1) is 0 Å². The van der Waals surface area contributed by atoms with Gasteiger partial charge in [0.05, 0.1) is 22.2 Å². The van der Waals surface area contributed by atoms with Gasteiger partial charge in [-0.15, -0.1) is 0 Å². The minimum atomic E-state index is -3.39. The number of rotatable bonds is 7. The molecule has 1 aliphatic heterocycles. The molecule has 3 aromatic rings. The van der Waals surface area contributed by atoms with Crippen LogP contribution >= 0.6 is 11.3 Å². The van der Waals surface area contributed by atoms with Crippen LogP contribution in [0.5, 0.6) is 5.75 Å². The first-order chi connectivity index (χ1) is 14.6. The van der Waals surface area contributed by atoms with Gasteiger partial charge in [-0.3, -0.25) is 0 Å². The molecule has 30 heavy (non-hydrogen) atoms. The molecule has 0 atom stereocenters. The van der Waals surface area contributed by atoms with Crippen molar-refractivity contribution >= 4 is 36.7 Å². The third-order valence-electron chi connectivity index (χ3n) is 5.41. The van der Waals surface area contributed by atoms with Crippen molar-refractivity contribution in [2.24, 2.45) is 0 Å². The van der Waals surface area contributed by atoms with E-state index in [9.17, 15) is 8.42 Å². The summed E-state index contributed by atoms with van der Waals surface area (Å²) in [6, 6.07) is 13.2. The van der Waals surface area contributed by atoms with Crippen LogP contribution in [0.1, 0.15) is 31.2 Å². The standard InChI is InChI=1S/C22H27N3O3S2/c1-28-18-8-11-20-21(16-18)29-22(24-20)23-13-12-17-6-9-19(10-7-17)30(26,27)25-14-4-2-3-5-15-25/h6-11,16H,2-5,12-15H2,1H3,(H,23,24). The summed E-state index contributed by atoms with van der Waals surface area (Å²) < 4.78 is 33.7. The molecule has 0 spiro atoms. The molecule has 0 bridgehead atoms. The number of nitrogens with one attached hydrogen (secondary N) is 1. The van der Waals surface area contributed by atoms with Crippen molar-refractivity contribution in [2.45, 2.75) is 37.0 Å². The average molecular weight is 446 g/mol. The molecule has 1 fully saturated rings. The molecule has 6 nitrogen and oxygen atoms in total. The molecular formula is C22H27N3O3S2. The fourth-order valence-electron chi connectivity index (χ4n) is 3.68. The molecule has 1 aliphatic rings. The number of sulfonamides is 1. The number of fused-ring (bicyclic) bond motifs is 1. The Morgan fingerprint density at radius 1 is 1.07 bits per heavy atom. The Morgan fingerprint density at radius 2 is 1.80 bits per heavy atom. The van der Waals surface area contributed by atoms with Crippen LogP contribution in [-0.4, -0.2) is 44.5 Å². The molecule has 4 rings (SSSR count). The highest BCUT2D eigenvalue weighted by Gasteiger charge is 2.24. The average Bonchev–Trinajstić information content (AvgIpc) is 2.96. The molecule has 0 unspecified atom stereocenters. The second kappa shape index (κ2) is 9.32. The van der Waals surface area contributed by atoms with Gasteiger partial charge >= 0.3 is 0 Å². The van der Waals surface area contributed by atoms with Crippen LogP contribution in [0.2, 0.25) is 0 Å². The van der Waals surface area contributed by atoms with Crippen LogP contribution in [0.15, 0.2) is 47.4 Å². The van der Waals surface area contributed by atoms with Crippen LogP contribution in [-0.2, 0) is 16.4 Å². The Bertz CT molecular complexity index is 1090. The Kier molecular flexibility index (Phi) is 6.55. The zero-order chi connectivity index (χ0) is 21.0. The SMILES string of the molecule is COc1ccc2nc(NCCc3ccc(S(=O)(=O)N4CCCCCC4)cc3)sc2c1. The van der Waals surface area contributed by atoms with Crippen LogP contribution in [0.25, 0.3) is 10.2 Å². The number of benzene rings is 2. The maximum Gasteiger partial charge on any atom is 0.243 e. The smallest absolute Gasteiger partial charge is 0.243 e. The van der Waals surface area contributed by atoms with Crippen LogP contribution < -0.4 is 10.1 Å². The lowest BCUT2D eigenvalue weighted by atomic mass is 10.1. The van der Waals surface area contributed by atoms with Gasteiger partial charge < -0.3 is 10.1 Å². The maximum absolute atomic E-state index is 12.9. The molecule has 2 heterocycles. The summed E-state index contributed by atoms with van der Waals surface area (Å²) in [5, 5.41) is 4.24. The van der Waals surface area contributed by atoms with Crippen molar-refractivity contribution in [3.8, 4) is 5.75 Å². The van der Waals surface area contributed by atoms with E-state index in [0.717, 1.165) is 65.3 Å². The van der Waals surface area contributed by atoms with E-state index in [4.69, 9.17) is 4.74 Å². The molecule has 1 saturated heterocycles. The molecule has 8 heteroatoms. The predicted octanol–water partition coefficient (Wildman–Crippen LogP) is 4.52. The Labute approximate surface area is 181 Å². The van der Waals surface area contributed by atoms with Gasteiger partial charge in [0, 0.05) is 19.6 Å². The summed E-state index contributed by atoms with van der Waals surface area (Å²) in [6.07, 6.45) is 4.91. The second-order valence-corrected chi connectivity index (χ2v) is 10.5. The summed E-state index contributed by atoms with van der Waals surface area (Å²) in [5.41, 5.74) is 2.05. The van der Waals surface area contributed by atoms with E-state index < -0.39 is 10.0 Å². The minimum Gasteiger partial charge on any atom is -0.497 e. The van der Waals surface area contributed by atoms with E-state index in [-0.39, 0.29) is 0 Å². The van der Waals surface area contributed by atoms with E-state index in [2.05, 4.69) is 10.3 Å². The van der Waals surface area contributed by atoms with Gasteiger partial charge in [0.25, 0.3) is 0 Å². The van der Waals surface area contributed by atoms with Gasteiger partial charge in [0.15, 0.2) is 5.13 Å². The number of hydrogen-bond donors (Lipinski definition) is 1. The van der Waals surface area contributed by atoms with Gasteiger partial charge in [-0.05, 0) is 55.2 Å². The first-order valence-electron chi connectivity index (χ1n) is 10.3. The lowest BCUT2D eigenvalue weighted by molar-refractivity contribution is 0.415. The van der Waals surface area contributed by atoms with Crippen molar-refractivity contribution in [3.05, 3.63) is 48.0 Å². The monoisotopic (exact) mass is 445 g/mol. The molecule has 0 saturated carbocycles. The lowest BCUT2D eigenvalue weighted by Crippen LogP contribution is -2.31. The summed E-state index contributed by atoms with van der Waals surface area (Å²) in [5.74, 6) is 0.827. The minimum absolute atomic E-state index is 0.390. The van der Waals surface area contributed by atoms with Crippen molar-refractivity contribution < 1.29 is 13.2 Å². The van der Waals surface area contributed by atoms with Gasteiger partial charge in [0.1, 0.15) is 5.75 Å². The normalized spacial score (nSPS) is 15.8. The van der Waals surface area contributed by atoms with Crippen LogP contribution in [0.3, 0.4) is 0 Å². The van der Waals surface area contributed by atoms with Gasteiger partial charge in [-0.1, -0.05) is 36.3 Å². The predicted molar refractivity (Wildman–Crippen MR) is 122 cm³/mol. The topological polar surface area (TPSA) is 71.5 Å². The summed E-state index contributed by atoms with van der Waals surface area (Å²) in [6.45, 7) is 1.99. The first kappa shape index (κ1) is 21.1. The second-order valence-electron chi connectivity index (χ2n) is 7.49. The number of thiazole rings is 1. The molecule has 1 N–H and O–H groups in total. The highest BCUT2D eigenvalue weighted by Crippen LogP contribution is 2.29. The van der Waals surface area contributed by atoms with Crippen molar-refractivity contribution in [1.82, 2.24) is 9.29 Å². The third-order valence-corrected chi connectivity index (χ3v) is 8.30. The number of nitrogens with zero attached hydrogens (tertiary/aromatic N) is 2. The van der Waals surface area contributed by atoms with Gasteiger partial charge in [0.2, 0.25) is 10.0 Å². The van der Waals surface area contributed by atoms with E-state index in [0.29, 0.717) is 18.0 Å². The fraction of sp³-hybridized carbons (Fsp3) is 0.409. The van der Waals surface area contributed by atoms with Crippen molar-refractivity contribution in [2.75, 3.05) is 32.1 Å². The highest BCUT2D eigenvalue weighted by molar-refractivity contribution is 7.89. The number of aromatic nitrogens is 1. The zero-order valence-corrected chi connectivity index (χ0v) is 18.8. The Balaban J connectivity index is 1.35. The Hall–Kier alpha value is -2.16. The molecule has 1 aromatic heterocycles. The highest BCUT2D eigenvalue weighted by atomic mass is 32.2. The number of ether oxygens (including phenoxy) is 1. The molecule has 2 aromatic carbocycles. The van der Waals surface area contributed by atoms with E-state index >= 15 is 0 Å². The molecule has 160 valence electrons. The Morgan fingerprint density at radius 3 is 2.50 bits per heavy atom. The zero-order valence-electron chi connectivity index (χ0n) is 17.1. The van der Waals surface area contributed by atoms with Gasteiger partial charge in [-0.25, -0.2) is 13.4 Å². The molecule has 0 amide bonds. The summed E-state index contributed by atoms with van der Waals surface area (Å²) in [4.78, 5) is 4.98.